The van der Waals surface area contributed by atoms with Crippen molar-refractivity contribution in [2.75, 3.05) is 12.3 Å². The molecule has 2 aromatic rings. The summed E-state index contributed by atoms with van der Waals surface area (Å²) in [6, 6.07) is 5.60. The Morgan fingerprint density at radius 3 is 2.84 bits per heavy atom. The summed E-state index contributed by atoms with van der Waals surface area (Å²) in [5.41, 5.74) is 6.61. The molecule has 0 radical (unpaired) electrons. The van der Waals surface area contributed by atoms with Crippen LogP contribution in [0.5, 0.6) is 0 Å². The Bertz CT molecular complexity index is 558. The standard InChI is InChI=1S/C13H15N5O/c1-2-18(9-10-5-3-4-6-16-10)13(19)11-7-15-8-12(14)17-11/h3-8H,2,9H2,1H3,(H2,14,17). The molecule has 0 saturated heterocycles. The lowest BCUT2D eigenvalue weighted by Crippen LogP contribution is -2.31. The van der Waals surface area contributed by atoms with E-state index in [1.807, 2.05) is 25.1 Å². The van der Waals surface area contributed by atoms with E-state index in [0.717, 1.165) is 5.69 Å². The number of nitrogen functional groups attached to an aromatic ring is 1. The lowest BCUT2D eigenvalue weighted by Gasteiger charge is -2.19. The van der Waals surface area contributed by atoms with Crippen LogP contribution >= 0.6 is 0 Å². The van der Waals surface area contributed by atoms with E-state index in [1.165, 1.54) is 12.4 Å². The Morgan fingerprint density at radius 1 is 1.37 bits per heavy atom. The molecule has 2 N–H and O–H groups in total. The minimum atomic E-state index is -0.201. The summed E-state index contributed by atoms with van der Waals surface area (Å²) in [7, 11) is 0. The van der Waals surface area contributed by atoms with Crippen molar-refractivity contribution in [1.29, 1.82) is 0 Å². The summed E-state index contributed by atoms with van der Waals surface area (Å²) in [4.78, 5) is 26.0. The minimum Gasteiger partial charge on any atom is -0.382 e. The van der Waals surface area contributed by atoms with Crippen molar-refractivity contribution in [2.24, 2.45) is 0 Å². The Kier molecular flexibility index (Phi) is 4.02. The van der Waals surface area contributed by atoms with Crippen LogP contribution in [0, 0.1) is 0 Å². The van der Waals surface area contributed by atoms with Crippen molar-refractivity contribution in [1.82, 2.24) is 19.9 Å². The summed E-state index contributed by atoms with van der Waals surface area (Å²) in [5, 5.41) is 0. The van der Waals surface area contributed by atoms with Crippen molar-refractivity contribution in [3.63, 3.8) is 0 Å². The first-order chi connectivity index (χ1) is 9.20. The van der Waals surface area contributed by atoms with E-state index in [9.17, 15) is 4.79 Å². The second-order valence-corrected chi connectivity index (χ2v) is 3.97. The average Bonchev–Trinajstić information content (AvgIpc) is 2.45. The monoisotopic (exact) mass is 257 g/mol. The lowest BCUT2D eigenvalue weighted by atomic mass is 10.3. The molecule has 0 spiro atoms. The minimum absolute atomic E-state index is 0.201. The molecule has 0 atom stereocenters. The number of nitrogens with zero attached hydrogens (tertiary/aromatic N) is 4. The molecular formula is C13H15N5O. The van der Waals surface area contributed by atoms with E-state index >= 15 is 0 Å². The molecule has 6 nitrogen and oxygen atoms in total. The van der Waals surface area contributed by atoms with Gasteiger partial charge in [-0.25, -0.2) is 4.98 Å². The van der Waals surface area contributed by atoms with Crippen LogP contribution in [0.2, 0.25) is 0 Å². The highest BCUT2D eigenvalue weighted by Crippen LogP contribution is 2.07. The van der Waals surface area contributed by atoms with Gasteiger partial charge in [0.25, 0.3) is 5.91 Å². The largest absolute Gasteiger partial charge is 0.382 e. The number of amides is 1. The molecule has 0 saturated carbocycles. The van der Waals surface area contributed by atoms with Crippen LogP contribution in [-0.2, 0) is 6.54 Å². The van der Waals surface area contributed by atoms with E-state index in [2.05, 4.69) is 15.0 Å². The summed E-state index contributed by atoms with van der Waals surface area (Å²) in [5.74, 6) is 0.0349. The van der Waals surface area contributed by atoms with Gasteiger partial charge in [0.15, 0.2) is 0 Å². The number of rotatable bonds is 4. The zero-order chi connectivity index (χ0) is 13.7. The first kappa shape index (κ1) is 12.9. The van der Waals surface area contributed by atoms with Gasteiger partial charge in [-0.3, -0.25) is 14.8 Å². The third-order valence-corrected chi connectivity index (χ3v) is 2.62. The molecular weight excluding hydrogens is 242 g/mol. The average molecular weight is 257 g/mol. The van der Waals surface area contributed by atoms with Crippen LogP contribution in [0.3, 0.4) is 0 Å². The maximum Gasteiger partial charge on any atom is 0.274 e. The van der Waals surface area contributed by atoms with Gasteiger partial charge in [0.05, 0.1) is 24.6 Å². The molecule has 19 heavy (non-hydrogen) atoms. The first-order valence-electron chi connectivity index (χ1n) is 5.97. The maximum atomic E-state index is 12.3. The molecule has 0 aliphatic heterocycles. The fourth-order valence-corrected chi connectivity index (χ4v) is 1.66. The number of carbonyl (C=O) groups excluding carboxylic acids is 1. The van der Waals surface area contributed by atoms with Crippen molar-refractivity contribution < 1.29 is 4.79 Å². The fourth-order valence-electron chi connectivity index (χ4n) is 1.66. The molecule has 0 aliphatic rings. The summed E-state index contributed by atoms with van der Waals surface area (Å²) in [6.07, 6.45) is 4.53. The summed E-state index contributed by atoms with van der Waals surface area (Å²) >= 11 is 0. The Labute approximate surface area is 111 Å². The van der Waals surface area contributed by atoms with Crippen LogP contribution in [0.15, 0.2) is 36.8 Å². The Morgan fingerprint density at radius 2 is 2.21 bits per heavy atom. The van der Waals surface area contributed by atoms with Gasteiger partial charge in [0, 0.05) is 12.7 Å². The predicted octanol–water partition coefficient (Wildman–Crippen LogP) is 1.12. The van der Waals surface area contributed by atoms with Gasteiger partial charge >= 0.3 is 0 Å². The maximum absolute atomic E-state index is 12.3. The second-order valence-electron chi connectivity index (χ2n) is 3.97. The van der Waals surface area contributed by atoms with Gasteiger partial charge in [-0.2, -0.15) is 0 Å². The quantitative estimate of drug-likeness (QED) is 0.887. The molecule has 0 fully saturated rings. The van der Waals surface area contributed by atoms with E-state index < -0.39 is 0 Å². The molecule has 2 rings (SSSR count). The van der Waals surface area contributed by atoms with Crippen LogP contribution in [-0.4, -0.2) is 32.3 Å². The van der Waals surface area contributed by atoms with Crippen molar-refractivity contribution in [3.05, 3.63) is 48.2 Å². The van der Waals surface area contributed by atoms with Gasteiger partial charge in [0.2, 0.25) is 0 Å². The van der Waals surface area contributed by atoms with Crippen molar-refractivity contribution in [3.8, 4) is 0 Å². The van der Waals surface area contributed by atoms with Gasteiger partial charge < -0.3 is 10.6 Å². The fraction of sp³-hybridized carbons (Fsp3) is 0.231. The SMILES string of the molecule is CCN(Cc1ccccn1)C(=O)c1cncc(N)n1. The highest BCUT2D eigenvalue weighted by Gasteiger charge is 2.16. The Hall–Kier alpha value is -2.50. The highest BCUT2D eigenvalue weighted by molar-refractivity contribution is 5.92. The number of pyridine rings is 1. The van der Waals surface area contributed by atoms with Gasteiger partial charge in [0.1, 0.15) is 11.5 Å². The van der Waals surface area contributed by atoms with Crippen LogP contribution in [0.25, 0.3) is 0 Å². The zero-order valence-electron chi connectivity index (χ0n) is 10.7. The van der Waals surface area contributed by atoms with Crippen molar-refractivity contribution >= 4 is 11.7 Å². The second kappa shape index (κ2) is 5.90. The number of hydrogen-bond acceptors (Lipinski definition) is 5. The van der Waals surface area contributed by atoms with Crippen LogP contribution in [0.4, 0.5) is 5.82 Å². The third-order valence-electron chi connectivity index (χ3n) is 2.62. The molecule has 98 valence electrons. The molecule has 0 aromatic carbocycles. The topological polar surface area (TPSA) is 85.0 Å². The van der Waals surface area contributed by atoms with E-state index in [4.69, 9.17) is 5.73 Å². The van der Waals surface area contributed by atoms with Gasteiger partial charge in [-0.1, -0.05) is 6.07 Å². The lowest BCUT2D eigenvalue weighted by molar-refractivity contribution is 0.0744. The molecule has 2 heterocycles. The van der Waals surface area contributed by atoms with E-state index in [1.54, 1.807) is 11.1 Å². The molecule has 6 heteroatoms. The third kappa shape index (κ3) is 3.25. The number of anilines is 1. The summed E-state index contributed by atoms with van der Waals surface area (Å²) in [6.45, 7) is 2.90. The van der Waals surface area contributed by atoms with Gasteiger partial charge in [-0.05, 0) is 19.1 Å². The molecule has 0 unspecified atom stereocenters. The van der Waals surface area contributed by atoms with Crippen LogP contribution < -0.4 is 5.73 Å². The first-order valence-corrected chi connectivity index (χ1v) is 5.97. The Balaban J connectivity index is 2.16. The molecule has 1 amide bonds. The molecule has 0 aliphatic carbocycles. The smallest absolute Gasteiger partial charge is 0.274 e. The molecule has 2 aromatic heterocycles. The number of nitrogens with two attached hydrogens (primary N) is 1. The predicted molar refractivity (Wildman–Crippen MR) is 71.1 cm³/mol. The normalized spacial score (nSPS) is 10.2. The van der Waals surface area contributed by atoms with E-state index in [0.29, 0.717) is 13.1 Å². The molecule has 0 bridgehead atoms. The number of aromatic nitrogens is 3. The van der Waals surface area contributed by atoms with Gasteiger partial charge in [-0.15, -0.1) is 0 Å². The van der Waals surface area contributed by atoms with E-state index in [-0.39, 0.29) is 17.4 Å². The zero-order valence-corrected chi connectivity index (χ0v) is 10.7. The summed E-state index contributed by atoms with van der Waals surface area (Å²) < 4.78 is 0. The van der Waals surface area contributed by atoms with Crippen LogP contribution in [0.1, 0.15) is 23.1 Å². The highest BCUT2D eigenvalue weighted by atomic mass is 16.2. The number of carbonyl (C=O) groups is 1. The van der Waals surface area contributed by atoms with Crippen molar-refractivity contribution in [2.45, 2.75) is 13.5 Å². The number of hydrogen-bond donors (Lipinski definition) is 1.